The van der Waals surface area contributed by atoms with Crippen molar-refractivity contribution in [2.45, 2.75) is 98.5 Å². The van der Waals surface area contributed by atoms with E-state index < -0.39 is 17.3 Å². The first-order valence-corrected chi connectivity index (χ1v) is 18.3. The molecule has 1 N–H and O–H groups in total. The number of aliphatic hydroxyl groups excluding tert-OH is 1. The zero-order chi connectivity index (χ0) is 33.9. The minimum absolute atomic E-state index is 0.120. The first-order valence-electron chi connectivity index (χ1n) is 18.3. The molecule has 0 spiro atoms. The summed E-state index contributed by atoms with van der Waals surface area (Å²) in [4.78, 5) is 22.5. The fraction of sp³-hybridized carbons (Fsp3) is 0.744. The fourth-order valence-corrected chi connectivity index (χ4v) is 12.0. The van der Waals surface area contributed by atoms with Crippen LogP contribution in [0.5, 0.6) is 0 Å². The number of carbonyl (C=O) groups excluding carboxylic acids is 1. The van der Waals surface area contributed by atoms with Gasteiger partial charge < -0.3 is 14.9 Å². The molecule has 0 aliphatic heterocycles. The van der Waals surface area contributed by atoms with Crippen LogP contribution in [0.25, 0.3) is 0 Å². The van der Waals surface area contributed by atoms with Gasteiger partial charge in [-0.05, 0) is 130 Å². The molecule has 258 valence electrons. The van der Waals surface area contributed by atoms with E-state index in [1.165, 1.54) is 49.9 Å². The van der Waals surface area contributed by atoms with Crippen molar-refractivity contribution in [3.63, 3.8) is 0 Å². The highest BCUT2D eigenvalue weighted by atomic mass is 19.1. The molecule has 1 aromatic heterocycles. The highest BCUT2D eigenvalue weighted by Crippen LogP contribution is 2.72. The van der Waals surface area contributed by atoms with Crippen molar-refractivity contribution in [2.75, 3.05) is 33.7 Å². The molecule has 5 aliphatic carbocycles. The predicted octanol–water partition coefficient (Wildman–Crippen LogP) is 7.01. The van der Waals surface area contributed by atoms with Gasteiger partial charge in [0.15, 0.2) is 11.6 Å². The number of nitrogens with zero attached hydrogens (tertiary/aromatic N) is 5. The molecule has 4 fully saturated rings. The molecule has 9 atom stereocenters. The highest BCUT2D eigenvalue weighted by molar-refractivity contribution is 6.01. The maximum atomic E-state index is 14.1. The van der Waals surface area contributed by atoms with Crippen LogP contribution < -0.4 is 0 Å². The Balaban J connectivity index is 1.36. The molecule has 1 aromatic rings. The SMILES string of the molecule is C=N/N=C(/c1ccc(F)cn1)N(CCN(C)C)CC(O)C12CCC3C(CCC4C5(C)CCC(C)C5CCC34C)C1=C(C(C)C)C(=O)C2. The normalized spacial score (nSPS) is 37.5. The molecule has 0 radical (unpaired) electrons. The summed E-state index contributed by atoms with van der Waals surface area (Å²) in [6.45, 7) is 17.2. The van der Waals surface area contributed by atoms with E-state index in [1.54, 1.807) is 6.07 Å². The lowest BCUT2D eigenvalue weighted by atomic mass is 9.40. The predicted molar refractivity (Wildman–Crippen MR) is 187 cm³/mol. The number of hydrogen-bond acceptors (Lipinski definition) is 6. The van der Waals surface area contributed by atoms with Crippen LogP contribution >= 0.6 is 0 Å². The highest BCUT2D eigenvalue weighted by Gasteiger charge is 2.65. The van der Waals surface area contributed by atoms with Crippen LogP contribution in [0.1, 0.15) is 98.1 Å². The first kappa shape index (κ1) is 34.4. The van der Waals surface area contributed by atoms with E-state index in [0.717, 1.165) is 42.6 Å². The summed E-state index contributed by atoms with van der Waals surface area (Å²) < 4.78 is 13.9. The minimum Gasteiger partial charge on any atom is -0.390 e. The van der Waals surface area contributed by atoms with E-state index in [4.69, 9.17) is 0 Å². The van der Waals surface area contributed by atoms with Gasteiger partial charge in [-0.1, -0.05) is 40.2 Å². The zero-order valence-corrected chi connectivity index (χ0v) is 29.9. The van der Waals surface area contributed by atoms with Gasteiger partial charge >= 0.3 is 0 Å². The number of aromatic nitrogens is 1. The first-order chi connectivity index (χ1) is 22.3. The Hall–Kier alpha value is -2.45. The number of amidine groups is 1. The number of fused-ring (bicyclic) bond motifs is 7. The standard InChI is InChI=1S/C39H58FN5O2/c1-24(2)34-31(46)21-39(33(47)23-45(20-19-44(7)8)36(43-41-6)30-11-9-26(40)22-42-30)18-15-29-27(35(34)39)10-12-32-37(4)16-13-25(3)28(37)14-17-38(29,32)5/h9,11,22,24-25,27-29,32-33,47H,6,10,12-21,23H2,1-5,7-8H3/b43-36-. The summed E-state index contributed by atoms with van der Waals surface area (Å²) in [5.74, 6) is 3.64. The Kier molecular flexibility index (Phi) is 9.36. The summed E-state index contributed by atoms with van der Waals surface area (Å²) in [6.07, 6.45) is 10.3. The molecular weight excluding hydrogens is 589 g/mol. The second-order valence-corrected chi connectivity index (χ2v) is 17.0. The number of halogens is 1. The van der Waals surface area contributed by atoms with Gasteiger partial charge in [-0.15, -0.1) is 5.10 Å². The van der Waals surface area contributed by atoms with Crippen molar-refractivity contribution in [2.24, 2.45) is 62.0 Å². The smallest absolute Gasteiger partial charge is 0.177 e. The molecule has 9 unspecified atom stereocenters. The summed E-state index contributed by atoms with van der Waals surface area (Å²) in [6, 6.07) is 2.96. The largest absolute Gasteiger partial charge is 0.390 e. The lowest BCUT2D eigenvalue weighted by Gasteiger charge is -2.64. The van der Waals surface area contributed by atoms with Crippen molar-refractivity contribution in [3.05, 3.63) is 41.0 Å². The maximum absolute atomic E-state index is 14.1. The van der Waals surface area contributed by atoms with Crippen LogP contribution in [0, 0.1) is 57.6 Å². The molecule has 8 heteroatoms. The van der Waals surface area contributed by atoms with Gasteiger partial charge in [0.25, 0.3) is 0 Å². The summed E-state index contributed by atoms with van der Waals surface area (Å²) in [7, 11) is 4.02. The van der Waals surface area contributed by atoms with Crippen LogP contribution in [0.15, 0.2) is 39.7 Å². The third-order valence-electron chi connectivity index (χ3n) is 14.1. The van der Waals surface area contributed by atoms with Crippen LogP contribution in [-0.2, 0) is 4.79 Å². The van der Waals surface area contributed by atoms with Gasteiger partial charge in [-0.3, -0.25) is 4.79 Å². The molecule has 0 bridgehead atoms. The molecule has 0 saturated heterocycles. The molecule has 5 aliphatic rings. The average Bonchev–Trinajstić information content (AvgIpc) is 3.51. The number of pyridine rings is 1. The molecule has 7 nitrogen and oxygen atoms in total. The van der Waals surface area contributed by atoms with E-state index in [9.17, 15) is 14.3 Å². The third kappa shape index (κ3) is 5.63. The Morgan fingerprint density at radius 1 is 1.06 bits per heavy atom. The lowest BCUT2D eigenvalue weighted by Crippen LogP contribution is -2.58. The number of likely N-dealkylation sites (N-methyl/N-ethyl adjacent to an activating group) is 1. The third-order valence-corrected chi connectivity index (χ3v) is 14.1. The summed E-state index contributed by atoms with van der Waals surface area (Å²) >= 11 is 0. The molecule has 0 amide bonds. The van der Waals surface area contributed by atoms with Crippen molar-refractivity contribution in [1.82, 2.24) is 14.8 Å². The Labute approximate surface area is 282 Å². The second kappa shape index (κ2) is 12.8. The molecule has 47 heavy (non-hydrogen) atoms. The van der Waals surface area contributed by atoms with Gasteiger partial charge in [-0.2, -0.15) is 5.10 Å². The number of ketones is 1. The molecular formula is C39H58FN5O2. The molecule has 1 heterocycles. The average molecular weight is 648 g/mol. The number of carbonyl (C=O) groups is 1. The molecule has 0 aromatic carbocycles. The van der Waals surface area contributed by atoms with Crippen molar-refractivity contribution in [1.29, 1.82) is 0 Å². The van der Waals surface area contributed by atoms with Crippen molar-refractivity contribution >= 4 is 18.3 Å². The van der Waals surface area contributed by atoms with Gasteiger partial charge in [0.1, 0.15) is 11.5 Å². The Morgan fingerprint density at radius 3 is 2.43 bits per heavy atom. The Bertz CT molecular complexity index is 1420. The molecule has 4 saturated carbocycles. The van der Waals surface area contributed by atoms with E-state index in [2.05, 4.69) is 61.4 Å². The summed E-state index contributed by atoms with van der Waals surface area (Å²) in [5, 5.41) is 20.8. The topological polar surface area (TPSA) is 81.4 Å². The van der Waals surface area contributed by atoms with E-state index in [1.807, 2.05) is 19.0 Å². The van der Waals surface area contributed by atoms with E-state index >= 15 is 0 Å². The number of hydrogen-bond donors (Lipinski definition) is 1. The van der Waals surface area contributed by atoms with Gasteiger partial charge in [0, 0.05) is 38.2 Å². The second-order valence-electron chi connectivity index (χ2n) is 17.0. The van der Waals surface area contributed by atoms with Crippen LogP contribution in [0.4, 0.5) is 4.39 Å². The van der Waals surface area contributed by atoms with E-state index in [0.29, 0.717) is 48.3 Å². The number of aliphatic hydroxyl groups is 1. The van der Waals surface area contributed by atoms with Crippen molar-refractivity contribution in [3.8, 4) is 0 Å². The van der Waals surface area contributed by atoms with E-state index in [-0.39, 0.29) is 23.7 Å². The van der Waals surface area contributed by atoms with Crippen LogP contribution in [-0.4, -0.2) is 78.1 Å². The quantitative estimate of drug-likeness (QED) is 0.177. The lowest BCUT2D eigenvalue weighted by molar-refractivity contribution is -0.140. The van der Waals surface area contributed by atoms with Crippen molar-refractivity contribution < 1.29 is 14.3 Å². The fourth-order valence-electron chi connectivity index (χ4n) is 12.0. The molecule has 6 rings (SSSR count). The Morgan fingerprint density at radius 2 is 1.77 bits per heavy atom. The van der Waals surface area contributed by atoms with Gasteiger partial charge in [0.05, 0.1) is 12.3 Å². The van der Waals surface area contributed by atoms with Crippen LogP contribution in [0.3, 0.4) is 0 Å². The minimum atomic E-state index is -0.786. The number of Topliss-reactive ketones (excluding diaryl/α,β-unsaturated/α-hetero) is 1. The van der Waals surface area contributed by atoms with Crippen LogP contribution in [0.2, 0.25) is 0 Å². The summed E-state index contributed by atoms with van der Waals surface area (Å²) in [5.41, 5.74) is 2.85. The van der Waals surface area contributed by atoms with Gasteiger partial charge in [0.2, 0.25) is 0 Å². The maximum Gasteiger partial charge on any atom is 0.177 e. The monoisotopic (exact) mass is 647 g/mol. The number of rotatable bonds is 9. The zero-order valence-electron chi connectivity index (χ0n) is 29.9. The number of allylic oxidation sites excluding steroid dienone is 1. The van der Waals surface area contributed by atoms with Gasteiger partial charge in [-0.25, -0.2) is 9.37 Å².